The molecule has 0 amide bonds. The van der Waals surface area contributed by atoms with Crippen LogP contribution in [0.4, 0.5) is 11.5 Å². The Hall–Kier alpha value is -1.51. The maximum Gasteiger partial charge on any atom is 0.265 e. The molecule has 1 aromatic heterocycles. The summed E-state index contributed by atoms with van der Waals surface area (Å²) in [7, 11) is -2.40. The van der Waals surface area contributed by atoms with Gasteiger partial charge in [-0.15, -0.1) is 0 Å². The third-order valence-electron chi connectivity index (χ3n) is 2.54. The van der Waals surface area contributed by atoms with E-state index >= 15 is 0 Å². The highest BCUT2D eigenvalue weighted by Crippen LogP contribution is 2.29. The molecule has 6 nitrogen and oxygen atoms in total. The van der Waals surface area contributed by atoms with Crippen molar-refractivity contribution in [3.63, 3.8) is 0 Å². The molecule has 1 aromatic carbocycles. The number of benzene rings is 1. The van der Waals surface area contributed by atoms with Gasteiger partial charge in [-0.05, 0) is 40.2 Å². The standard InChI is InChI=1S/C12H11BrClN3O3S/c1-20-10-3-2-8(5-9(10)14)17-21(18,19)11-4-7(13)6-16-12(11)15/h2-6,17H,1H3,(H2,15,16). The summed E-state index contributed by atoms with van der Waals surface area (Å²) in [5.41, 5.74) is 5.90. The summed E-state index contributed by atoms with van der Waals surface area (Å²) < 4.78 is 32.5. The average Bonchev–Trinajstić information content (AvgIpc) is 2.41. The number of nitrogens with zero attached hydrogens (tertiary/aromatic N) is 1. The van der Waals surface area contributed by atoms with Gasteiger partial charge in [-0.1, -0.05) is 11.6 Å². The summed E-state index contributed by atoms with van der Waals surface area (Å²) in [5.74, 6) is 0.355. The average molecular weight is 393 g/mol. The molecule has 0 bridgehead atoms. The van der Waals surface area contributed by atoms with Crippen LogP contribution in [-0.4, -0.2) is 20.5 Å². The molecule has 112 valence electrons. The second-order valence-electron chi connectivity index (χ2n) is 3.99. The fourth-order valence-corrected chi connectivity index (χ4v) is 3.48. The van der Waals surface area contributed by atoms with Gasteiger partial charge in [0.2, 0.25) is 0 Å². The topological polar surface area (TPSA) is 94.3 Å². The lowest BCUT2D eigenvalue weighted by molar-refractivity contribution is 0.415. The number of pyridine rings is 1. The third kappa shape index (κ3) is 3.58. The van der Waals surface area contributed by atoms with Gasteiger partial charge in [0.05, 0.1) is 17.8 Å². The van der Waals surface area contributed by atoms with E-state index in [2.05, 4.69) is 25.6 Å². The van der Waals surface area contributed by atoms with Crippen molar-refractivity contribution in [3.05, 3.63) is 40.0 Å². The summed E-state index contributed by atoms with van der Waals surface area (Å²) in [6, 6.07) is 5.90. The molecule has 0 unspecified atom stereocenters. The molecule has 2 aromatic rings. The van der Waals surface area contributed by atoms with Gasteiger partial charge in [0.15, 0.2) is 0 Å². The largest absolute Gasteiger partial charge is 0.495 e. The van der Waals surface area contributed by atoms with Gasteiger partial charge in [-0.3, -0.25) is 4.72 Å². The van der Waals surface area contributed by atoms with Crippen LogP contribution < -0.4 is 15.2 Å². The number of rotatable bonds is 4. The lowest BCUT2D eigenvalue weighted by Gasteiger charge is -2.11. The zero-order chi connectivity index (χ0) is 15.6. The Morgan fingerprint density at radius 1 is 1.38 bits per heavy atom. The molecule has 0 spiro atoms. The SMILES string of the molecule is COc1ccc(NS(=O)(=O)c2cc(Br)cnc2N)cc1Cl. The molecular weight excluding hydrogens is 382 g/mol. The number of methoxy groups -OCH3 is 1. The van der Waals surface area contributed by atoms with Gasteiger partial charge in [-0.2, -0.15) is 0 Å². The van der Waals surface area contributed by atoms with Gasteiger partial charge < -0.3 is 10.5 Å². The molecule has 0 radical (unpaired) electrons. The fourth-order valence-electron chi connectivity index (χ4n) is 1.59. The Balaban J connectivity index is 2.37. The molecule has 0 atom stereocenters. The Bertz CT molecular complexity index is 783. The van der Waals surface area contributed by atoms with Gasteiger partial charge in [-0.25, -0.2) is 13.4 Å². The van der Waals surface area contributed by atoms with E-state index in [9.17, 15) is 8.42 Å². The third-order valence-corrected chi connectivity index (χ3v) is 4.68. The van der Waals surface area contributed by atoms with E-state index in [1.165, 1.54) is 31.5 Å². The minimum absolute atomic E-state index is 0.0923. The van der Waals surface area contributed by atoms with Crippen molar-refractivity contribution < 1.29 is 13.2 Å². The smallest absolute Gasteiger partial charge is 0.265 e. The number of nitrogen functional groups attached to an aromatic ring is 1. The molecule has 0 fully saturated rings. The summed E-state index contributed by atoms with van der Waals surface area (Å²) in [5, 5.41) is 0.290. The van der Waals surface area contributed by atoms with Crippen LogP contribution in [-0.2, 0) is 10.0 Å². The fraction of sp³-hybridized carbons (Fsp3) is 0.0833. The van der Waals surface area contributed by atoms with Crippen LogP contribution in [0.2, 0.25) is 5.02 Å². The lowest BCUT2D eigenvalue weighted by Crippen LogP contribution is -2.15. The quantitative estimate of drug-likeness (QED) is 0.834. The molecule has 0 aliphatic heterocycles. The van der Waals surface area contributed by atoms with Crippen molar-refractivity contribution in [2.75, 3.05) is 17.6 Å². The minimum atomic E-state index is -3.87. The maximum absolute atomic E-state index is 12.3. The molecule has 0 saturated carbocycles. The lowest BCUT2D eigenvalue weighted by atomic mass is 10.3. The van der Waals surface area contributed by atoms with E-state index in [4.69, 9.17) is 22.1 Å². The second-order valence-corrected chi connectivity index (χ2v) is 6.97. The first-order valence-electron chi connectivity index (χ1n) is 5.61. The van der Waals surface area contributed by atoms with E-state index in [-0.39, 0.29) is 15.7 Å². The number of anilines is 2. The Morgan fingerprint density at radius 3 is 2.71 bits per heavy atom. The van der Waals surface area contributed by atoms with Crippen molar-refractivity contribution in [2.45, 2.75) is 4.90 Å². The number of aromatic nitrogens is 1. The number of halogens is 2. The highest BCUT2D eigenvalue weighted by molar-refractivity contribution is 9.10. The Labute approximate surface area is 135 Å². The molecule has 0 saturated heterocycles. The van der Waals surface area contributed by atoms with Gasteiger partial charge >= 0.3 is 0 Å². The van der Waals surface area contributed by atoms with Gasteiger partial charge in [0.1, 0.15) is 16.5 Å². The van der Waals surface area contributed by atoms with Crippen molar-refractivity contribution in [3.8, 4) is 5.75 Å². The number of nitrogens with one attached hydrogen (secondary N) is 1. The monoisotopic (exact) mass is 391 g/mol. The van der Waals surface area contributed by atoms with E-state index in [1.807, 2.05) is 0 Å². The van der Waals surface area contributed by atoms with Crippen LogP contribution in [0.5, 0.6) is 5.75 Å². The van der Waals surface area contributed by atoms with Crippen LogP contribution in [0.15, 0.2) is 39.8 Å². The van der Waals surface area contributed by atoms with Crippen LogP contribution in [0.25, 0.3) is 0 Å². The van der Waals surface area contributed by atoms with Crippen molar-refractivity contribution in [1.82, 2.24) is 4.98 Å². The highest BCUT2D eigenvalue weighted by Gasteiger charge is 2.19. The number of hydrogen-bond acceptors (Lipinski definition) is 5. The summed E-state index contributed by atoms with van der Waals surface area (Å²) in [6.07, 6.45) is 1.42. The molecule has 0 aliphatic rings. The predicted molar refractivity (Wildman–Crippen MR) is 85.2 cm³/mol. The predicted octanol–water partition coefficient (Wildman–Crippen LogP) is 2.89. The van der Waals surface area contributed by atoms with E-state index in [0.717, 1.165) is 0 Å². The zero-order valence-corrected chi connectivity index (χ0v) is 14.0. The molecule has 1 heterocycles. The van der Waals surface area contributed by atoms with Crippen LogP contribution >= 0.6 is 27.5 Å². The number of hydrogen-bond donors (Lipinski definition) is 2. The van der Waals surface area contributed by atoms with E-state index in [1.54, 1.807) is 6.07 Å². The number of sulfonamides is 1. The van der Waals surface area contributed by atoms with Crippen LogP contribution in [0, 0.1) is 0 Å². The van der Waals surface area contributed by atoms with Crippen LogP contribution in [0.1, 0.15) is 0 Å². The Kier molecular flexibility index (Phi) is 4.60. The molecule has 9 heteroatoms. The van der Waals surface area contributed by atoms with Crippen LogP contribution in [0.3, 0.4) is 0 Å². The first-order chi connectivity index (χ1) is 9.83. The normalized spacial score (nSPS) is 11.2. The minimum Gasteiger partial charge on any atom is -0.495 e. The first kappa shape index (κ1) is 15.9. The Morgan fingerprint density at radius 2 is 2.10 bits per heavy atom. The molecule has 2 rings (SSSR count). The molecule has 0 aliphatic carbocycles. The second kappa shape index (κ2) is 6.08. The van der Waals surface area contributed by atoms with Crippen molar-refractivity contribution in [1.29, 1.82) is 0 Å². The van der Waals surface area contributed by atoms with Gasteiger partial charge in [0.25, 0.3) is 10.0 Å². The van der Waals surface area contributed by atoms with E-state index < -0.39 is 10.0 Å². The highest BCUT2D eigenvalue weighted by atomic mass is 79.9. The van der Waals surface area contributed by atoms with E-state index in [0.29, 0.717) is 15.9 Å². The molecule has 3 N–H and O–H groups in total. The summed E-state index contributed by atoms with van der Waals surface area (Å²) >= 11 is 9.11. The van der Waals surface area contributed by atoms with Crippen molar-refractivity contribution >= 4 is 49.1 Å². The summed E-state index contributed by atoms with van der Waals surface area (Å²) in [4.78, 5) is 3.68. The number of ether oxygens (including phenoxy) is 1. The van der Waals surface area contributed by atoms with Crippen molar-refractivity contribution in [2.24, 2.45) is 0 Å². The number of nitrogens with two attached hydrogens (primary N) is 1. The first-order valence-corrected chi connectivity index (χ1v) is 8.26. The maximum atomic E-state index is 12.3. The molecule has 21 heavy (non-hydrogen) atoms. The zero-order valence-electron chi connectivity index (χ0n) is 10.8. The van der Waals surface area contributed by atoms with Gasteiger partial charge in [0, 0.05) is 10.7 Å². The summed E-state index contributed by atoms with van der Waals surface area (Å²) in [6.45, 7) is 0. The molecular formula is C12H11BrClN3O3S.